The molecule has 0 radical (unpaired) electrons. The number of nitro benzene ring substituents is 1. The van der Waals surface area contributed by atoms with Crippen molar-refractivity contribution in [1.29, 1.82) is 0 Å². The number of carbonyl (C=O) groups is 3. The predicted octanol–water partition coefficient (Wildman–Crippen LogP) is 2.31. The van der Waals surface area contributed by atoms with E-state index in [-0.39, 0.29) is 18.7 Å². The van der Waals surface area contributed by atoms with Crippen molar-refractivity contribution in [3.05, 3.63) is 34.4 Å². The third-order valence-electron chi connectivity index (χ3n) is 3.79. The third kappa shape index (κ3) is 6.82. The first-order valence-corrected chi connectivity index (χ1v) is 10.7. The first kappa shape index (κ1) is 26.2. The van der Waals surface area contributed by atoms with Crippen LogP contribution in [0.3, 0.4) is 0 Å². The van der Waals surface area contributed by atoms with Gasteiger partial charge in [0.2, 0.25) is 0 Å². The summed E-state index contributed by atoms with van der Waals surface area (Å²) in [6.07, 6.45) is -1.39. The third-order valence-corrected chi connectivity index (χ3v) is 5.14. The molecule has 0 N–H and O–H groups in total. The minimum atomic E-state index is -4.83. The molecule has 1 atom stereocenters. The van der Waals surface area contributed by atoms with Crippen molar-refractivity contribution in [2.24, 2.45) is 0 Å². The number of ether oxygens (including phenoxy) is 2. The lowest BCUT2D eigenvalue weighted by atomic mass is 9.92. The van der Waals surface area contributed by atoms with Crippen molar-refractivity contribution in [1.82, 2.24) is 0 Å². The number of non-ortho nitro benzene ring substituents is 1. The molecule has 0 spiro atoms. The van der Waals surface area contributed by atoms with E-state index < -0.39 is 55.3 Å². The van der Waals surface area contributed by atoms with Crippen LogP contribution >= 0.6 is 0 Å². The van der Waals surface area contributed by atoms with E-state index >= 15 is 0 Å². The highest BCUT2D eigenvalue weighted by molar-refractivity contribution is 7.86. The molecule has 0 fully saturated rings. The van der Waals surface area contributed by atoms with Crippen LogP contribution in [0.15, 0.2) is 29.2 Å². The molecule has 0 bridgehead atoms. The number of carbonyl (C=O) groups excluding carboxylic acids is 3. The van der Waals surface area contributed by atoms with Crippen LogP contribution in [0.2, 0.25) is 0 Å². The van der Waals surface area contributed by atoms with E-state index in [9.17, 15) is 32.9 Å². The van der Waals surface area contributed by atoms with Crippen LogP contribution in [0.25, 0.3) is 0 Å². The molecule has 1 aromatic carbocycles. The van der Waals surface area contributed by atoms with Crippen molar-refractivity contribution in [3.63, 3.8) is 0 Å². The van der Waals surface area contributed by atoms with E-state index in [0.717, 1.165) is 24.3 Å². The zero-order chi connectivity index (χ0) is 24.0. The van der Waals surface area contributed by atoms with Gasteiger partial charge in [-0.2, -0.15) is 8.42 Å². The average Bonchev–Trinajstić information content (AvgIpc) is 2.65. The van der Waals surface area contributed by atoms with Gasteiger partial charge in [-0.1, -0.05) is 6.92 Å². The molecule has 1 aromatic rings. The monoisotopic (exact) mass is 459 g/mol. The Kier molecular flexibility index (Phi) is 8.41. The van der Waals surface area contributed by atoms with Crippen LogP contribution in [0.1, 0.15) is 47.5 Å². The van der Waals surface area contributed by atoms with Crippen molar-refractivity contribution in [3.8, 4) is 0 Å². The van der Waals surface area contributed by atoms with Gasteiger partial charge in [-0.15, -0.1) is 0 Å². The molecule has 0 heterocycles. The second kappa shape index (κ2) is 9.96. The lowest BCUT2D eigenvalue weighted by molar-refractivity contribution is -0.384. The highest BCUT2D eigenvalue weighted by Gasteiger charge is 2.54. The van der Waals surface area contributed by atoms with Gasteiger partial charge in [0.1, 0.15) is 5.60 Å². The lowest BCUT2D eigenvalue weighted by Gasteiger charge is -2.31. The Morgan fingerprint density at radius 1 is 1.06 bits per heavy atom. The first-order valence-electron chi connectivity index (χ1n) is 9.31. The normalized spacial score (nSPS) is 13.7. The Morgan fingerprint density at radius 3 is 2.03 bits per heavy atom. The van der Waals surface area contributed by atoms with Crippen LogP contribution in [0, 0.1) is 10.1 Å². The Hall–Kier alpha value is -2.86. The summed E-state index contributed by atoms with van der Waals surface area (Å²) in [4.78, 5) is 47.4. The minimum absolute atomic E-state index is 0.0847. The van der Waals surface area contributed by atoms with E-state index in [1.807, 2.05) is 0 Å². The fourth-order valence-electron chi connectivity index (χ4n) is 2.43. The summed E-state index contributed by atoms with van der Waals surface area (Å²) in [5.41, 5.74) is -4.34. The quantitative estimate of drug-likeness (QED) is 0.167. The SMILES string of the molecule is CCOC(=O)CC(OS(=O)(=O)c1ccc([N+](=O)[O-])cc1)(C(=O)CC)C(=O)OC(C)(C)C. The van der Waals surface area contributed by atoms with Gasteiger partial charge in [0.15, 0.2) is 5.78 Å². The molecular weight excluding hydrogens is 434 g/mol. The van der Waals surface area contributed by atoms with Gasteiger partial charge < -0.3 is 9.47 Å². The molecule has 0 aliphatic heterocycles. The van der Waals surface area contributed by atoms with Crippen LogP contribution in [-0.2, 0) is 38.2 Å². The summed E-state index contributed by atoms with van der Waals surface area (Å²) in [6.45, 7) is 7.22. The largest absolute Gasteiger partial charge is 0.466 e. The summed E-state index contributed by atoms with van der Waals surface area (Å²) in [6, 6.07) is 3.60. The molecule has 1 rings (SSSR count). The highest BCUT2D eigenvalue weighted by Crippen LogP contribution is 2.30. The number of esters is 2. The van der Waals surface area contributed by atoms with Gasteiger partial charge in [0.25, 0.3) is 21.4 Å². The molecule has 31 heavy (non-hydrogen) atoms. The standard InChI is InChI=1S/C19H25NO10S/c1-6-15(21)19(12-16(22)28-7-2,17(23)29-18(3,4)5)30-31(26,27)14-10-8-13(9-11-14)20(24)25/h8-11H,6-7,12H2,1-5H3. The Balaban J connectivity index is 3.55. The number of Topliss-reactive ketones (excluding diaryl/α,β-unsaturated/α-hetero) is 1. The average molecular weight is 459 g/mol. The molecule has 0 aliphatic carbocycles. The summed E-state index contributed by atoms with van der Waals surface area (Å²) in [7, 11) is -4.83. The number of rotatable bonds is 10. The van der Waals surface area contributed by atoms with E-state index in [1.165, 1.54) is 34.6 Å². The Bertz CT molecular complexity index is 947. The summed E-state index contributed by atoms with van der Waals surface area (Å²) >= 11 is 0. The van der Waals surface area contributed by atoms with Crippen molar-refractivity contribution in [2.75, 3.05) is 6.61 Å². The van der Waals surface area contributed by atoms with Gasteiger partial charge in [-0.05, 0) is 39.8 Å². The summed E-state index contributed by atoms with van der Waals surface area (Å²) < 4.78 is 40.8. The topological polar surface area (TPSA) is 156 Å². The van der Waals surface area contributed by atoms with Crippen LogP contribution in [-0.4, -0.2) is 48.9 Å². The molecule has 172 valence electrons. The molecule has 0 amide bonds. The van der Waals surface area contributed by atoms with Crippen molar-refractivity contribution < 1.29 is 41.4 Å². The van der Waals surface area contributed by atoms with Gasteiger partial charge in [-0.25, -0.2) is 8.98 Å². The van der Waals surface area contributed by atoms with Crippen molar-refractivity contribution in [2.45, 2.75) is 63.6 Å². The van der Waals surface area contributed by atoms with Crippen LogP contribution < -0.4 is 0 Å². The molecule has 0 saturated carbocycles. The Morgan fingerprint density at radius 2 is 1.61 bits per heavy atom. The number of hydrogen-bond donors (Lipinski definition) is 0. The zero-order valence-corrected chi connectivity index (χ0v) is 18.7. The number of nitrogens with zero attached hydrogens (tertiary/aromatic N) is 1. The predicted molar refractivity (Wildman–Crippen MR) is 106 cm³/mol. The molecule has 12 heteroatoms. The fourth-order valence-corrected chi connectivity index (χ4v) is 3.59. The molecular formula is C19H25NO10S. The molecule has 1 unspecified atom stereocenters. The molecule has 0 saturated heterocycles. The van der Waals surface area contributed by atoms with E-state index in [0.29, 0.717) is 0 Å². The van der Waals surface area contributed by atoms with E-state index in [4.69, 9.17) is 13.7 Å². The van der Waals surface area contributed by atoms with Gasteiger partial charge in [0.05, 0.1) is 22.8 Å². The second-order valence-corrected chi connectivity index (χ2v) is 8.92. The van der Waals surface area contributed by atoms with Gasteiger partial charge in [0, 0.05) is 18.6 Å². The maximum Gasteiger partial charge on any atom is 0.348 e. The Labute approximate surface area is 179 Å². The fraction of sp³-hybridized carbons (Fsp3) is 0.526. The van der Waals surface area contributed by atoms with Gasteiger partial charge in [-0.3, -0.25) is 19.7 Å². The first-order chi connectivity index (χ1) is 14.2. The number of ketones is 1. The molecule has 11 nitrogen and oxygen atoms in total. The maximum atomic E-state index is 12.9. The molecule has 0 aliphatic rings. The van der Waals surface area contributed by atoms with Crippen LogP contribution in [0.5, 0.6) is 0 Å². The summed E-state index contributed by atoms with van der Waals surface area (Å²) in [5, 5.41) is 10.8. The number of hydrogen-bond acceptors (Lipinski definition) is 10. The van der Waals surface area contributed by atoms with Gasteiger partial charge >= 0.3 is 11.9 Å². The zero-order valence-electron chi connectivity index (χ0n) is 17.9. The van der Waals surface area contributed by atoms with Crippen molar-refractivity contribution >= 4 is 33.5 Å². The smallest absolute Gasteiger partial charge is 0.348 e. The van der Waals surface area contributed by atoms with Crippen LogP contribution in [0.4, 0.5) is 5.69 Å². The van der Waals surface area contributed by atoms with E-state index in [1.54, 1.807) is 0 Å². The second-order valence-electron chi connectivity index (χ2n) is 7.38. The summed E-state index contributed by atoms with van der Waals surface area (Å²) in [5.74, 6) is -3.43. The number of nitro groups is 1. The lowest BCUT2D eigenvalue weighted by Crippen LogP contribution is -2.54. The highest BCUT2D eigenvalue weighted by atomic mass is 32.2. The number of benzene rings is 1. The minimum Gasteiger partial charge on any atom is -0.466 e. The van der Waals surface area contributed by atoms with E-state index in [2.05, 4.69) is 0 Å². The molecule has 0 aromatic heterocycles. The maximum absolute atomic E-state index is 12.9.